The number of nitrogens with zero attached hydrogens (tertiary/aromatic N) is 4. The number of carbonyl (C=O) groups is 3. The molecule has 1 aliphatic heterocycles. The smallest absolute Gasteiger partial charge is 0.317 e. The fraction of sp³-hybridized carbons (Fsp3) is 0.238. The van der Waals surface area contributed by atoms with E-state index in [1.165, 1.54) is 0 Å². The summed E-state index contributed by atoms with van der Waals surface area (Å²) in [7, 11) is 0. The average molecular weight is 439 g/mol. The molecule has 2 amide bonds. The summed E-state index contributed by atoms with van der Waals surface area (Å²) in [5.74, 6) is -1.24. The van der Waals surface area contributed by atoms with Gasteiger partial charge in [0.2, 0.25) is 0 Å². The van der Waals surface area contributed by atoms with E-state index in [2.05, 4.69) is 22.5 Å². The van der Waals surface area contributed by atoms with Gasteiger partial charge in [-0.15, -0.1) is 0 Å². The van der Waals surface area contributed by atoms with E-state index in [9.17, 15) is 14.4 Å². The van der Waals surface area contributed by atoms with Gasteiger partial charge in [0.1, 0.15) is 5.65 Å². The zero-order valence-corrected chi connectivity index (χ0v) is 17.5. The van der Waals surface area contributed by atoms with E-state index < -0.39 is 5.97 Å². The molecular weight excluding hydrogens is 418 g/mol. The average Bonchev–Trinajstić information content (AvgIpc) is 3.21. The van der Waals surface area contributed by atoms with Crippen molar-refractivity contribution >= 4 is 36.2 Å². The van der Waals surface area contributed by atoms with Gasteiger partial charge in [0.05, 0.1) is 12.2 Å². The minimum atomic E-state index is -0.861. The van der Waals surface area contributed by atoms with E-state index in [1.807, 2.05) is 27.6 Å². The predicted octanol–water partition coefficient (Wildman–Crippen LogP) is 1.42. The van der Waals surface area contributed by atoms with Crippen molar-refractivity contribution in [3.05, 3.63) is 59.9 Å². The highest BCUT2D eigenvalue weighted by molar-refractivity contribution is 7.78. The van der Waals surface area contributed by atoms with E-state index in [-0.39, 0.29) is 18.4 Å². The van der Waals surface area contributed by atoms with Gasteiger partial charge in [-0.3, -0.25) is 24.0 Å². The van der Waals surface area contributed by atoms with Crippen molar-refractivity contribution < 1.29 is 19.5 Å². The van der Waals surface area contributed by atoms with Crippen molar-refractivity contribution in [2.75, 3.05) is 32.7 Å². The molecule has 3 heterocycles. The van der Waals surface area contributed by atoms with Gasteiger partial charge in [0, 0.05) is 55.3 Å². The van der Waals surface area contributed by atoms with Gasteiger partial charge >= 0.3 is 5.97 Å². The number of piperazine rings is 1. The van der Waals surface area contributed by atoms with Crippen molar-refractivity contribution in [3.63, 3.8) is 0 Å². The van der Waals surface area contributed by atoms with Crippen molar-refractivity contribution in [1.82, 2.24) is 23.9 Å². The highest BCUT2D eigenvalue weighted by Gasteiger charge is 2.23. The molecule has 0 aliphatic carbocycles. The molecule has 2 aromatic heterocycles. The minimum Gasteiger partial charge on any atom is -0.480 e. The Morgan fingerprint density at radius 1 is 1.03 bits per heavy atom. The Morgan fingerprint density at radius 3 is 2.39 bits per heavy atom. The lowest BCUT2D eigenvalue weighted by Gasteiger charge is -2.33. The molecule has 1 aliphatic rings. The highest BCUT2D eigenvalue weighted by Crippen LogP contribution is 2.21. The summed E-state index contributed by atoms with van der Waals surface area (Å²) in [6, 6.07) is 10.5. The van der Waals surface area contributed by atoms with E-state index in [1.54, 1.807) is 35.4 Å². The van der Waals surface area contributed by atoms with E-state index in [0.717, 1.165) is 11.3 Å². The van der Waals surface area contributed by atoms with Crippen LogP contribution in [0.4, 0.5) is 0 Å². The SMILES string of the molecule is O=C(O)CN1CCN(C(=O)c2ccn3cc(-c4ccc(C(=O)NS)cc4)nc3c2)CC1. The number of amides is 2. The highest BCUT2D eigenvalue weighted by atomic mass is 32.1. The molecule has 0 atom stereocenters. The van der Waals surface area contributed by atoms with Crippen LogP contribution in [0.25, 0.3) is 16.9 Å². The molecule has 0 bridgehead atoms. The number of fused-ring (bicyclic) bond motifs is 1. The van der Waals surface area contributed by atoms with Crippen molar-refractivity contribution in [1.29, 1.82) is 0 Å². The molecule has 1 fully saturated rings. The Labute approximate surface area is 183 Å². The van der Waals surface area contributed by atoms with Crippen LogP contribution in [0.1, 0.15) is 20.7 Å². The minimum absolute atomic E-state index is 0.00879. The van der Waals surface area contributed by atoms with Crippen LogP contribution in [-0.2, 0) is 4.79 Å². The lowest BCUT2D eigenvalue weighted by Crippen LogP contribution is -2.49. The maximum Gasteiger partial charge on any atom is 0.317 e. The fourth-order valence-electron chi connectivity index (χ4n) is 3.59. The molecule has 1 saturated heterocycles. The summed E-state index contributed by atoms with van der Waals surface area (Å²) in [4.78, 5) is 43.5. The Balaban J connectivity index is 1.49. The summed E-state index contributed by atoms with van der Waals surface area (Å²) in [5.41, 5.74) is 3.25. The second-order valence-electron chi connectivity index (χ2n) is 7.29. The molecule has 1 aromatic carbocycles. The van der Waals surface area contributed by atoms with Crippen molar-refractivity contribution in [2.45, 2.75) is 0 Å². The number of carboxylic acid groups (broad SMARTS) is 1. The van der Waals surface area contributed by atoms with Gasteiger partial charge in [-0.1, -0.05) is 24.9 Å². The van der Waals surface area contributed by atoms with Crippen LogP contribution in [0.3, 0.4) is 0 Å². The maximum atomic E-state index is 12.9. The number of carboxylic acids is 1. The largest absolute Gasteiger partial charge is 0.480 e. The molecule has 0 spiro atoms. The predicted molar refractivity (Wildman–Crippen MR) is 117 cm³/mol. The number of hydrogen-bond acceptors (Lipinski definition) is 6. The Hall–Kier alpha value is -3.37. The molecule has 0 radical (unpaired) electrons. The first-order valence-electron chi connectivity index (χ1n) is 9.71. The Kier molecular flexibility index (Phi) is 5.92. The zero-order chi connectivity index (χ0) is 22.0. The molecule has 160 valence electrons. The van der Waals surface area contributed by atoms with Gasteiger partial charge in [-0.2, -0.15) is 0 Å². The van der Waals surface area contributed by atoms with Gasteiger partial charge in [0.15, 0.2) is 0 Å². The van der Waals surface area contributed by atoms with E-state index >= 15 is 0 Å². The first-order chi connectivity index (χ1) is 14.9. The number of hydrogen-bond donors (Lipinski definition) is 3. The normalized spacial score (nSPS) is 14.5. The van der Waals surface area contributed by atoms with Gasteiger partial charge in [0.25, 0.3) is 11.8 Å². The van der Waals surface area contributed by atoms with Crippen LogP contribution < -0.4 is 4.72 Å². The number of aromatic nitrogens is 2. The third kappa shape index (κ3) is 4.54. The molecule has 0 unspecified atom stereocenters. The summed E-state index contributed by atoms with van der Waals surface area (Å²) >= 11 is 3.77. The number of thiol groups is 1. The van der Waals surface area contributed by atoms with Gasteiger partial charge < -0.3 is 14.4 Å². The lowest BCUT2D eigenvalue weighted by atomic mass is 10.1. The lowest BCUT2D eigenvalue weighted by molar-refractivity contribution is -0.138. The monoisotopic (exact) mass is 439 g/mol. The second kappa shape index (κ2) is 8.78. The number of aliphatic carboxylic acids is 1. The van der Waals surface area contributed by atoms with Gasteiger partial charge in [-0.25, -0.2) is 4.98 Å². The molecule has 4 rings (SSSR count). The fourth-order valence-corrected chi connectivity index (χ4v) is 3.72. The van der Waals surface area contributed by atoms with Crippen LogP contribution in [0, 0.1) is 0 Å². The third-order valence-corrected chi connectivity index (χ3v) is 5.47. The maximum absolute atomic E-state index is 12.9. The van der Waals surface area contributed by atoms with Crippen LogP contribution >= 0.6 is 12.8 Å². The van der Waals surface area contributed by atoms with Crippen molar-refractivity contribution in [2.24, 2.45) is 0 Å². The van der Waals surface area contributed by atoms with E-state index in [4.69, 9.17) is 5.11 Å². The molecule has 9 nitrogen and oxygen atoms in total. The Morgan fingerprint density at radius 2 is 1.74 bits per heavy atom. The molecule has 31 heavy (non-hydrogen) atoms. The van der Waals surface area contributed by atoms with Crippen LogP contribution in [0.15, 0.2) is 48.8 Å². The summed E-state index contributed by atoms with van der Waals surface area (Å²) < 4.78 is 4.13. The zero-order valence-electron chi connectivity index (χ0n) is 16.6. The molecular formula is C21H21N5O4S. The van der Waals surface area contributed by atoms with Crippen LogP contribution in [-0.4, -0.2) is 74.8 Å². The number of imidazole rings is 1. The summed E-state index contributed by atoms with van der Waals surface area (Å²) in [6.45, 7) is 2.04. The van der Waals surface area contributed by atoms with E-state index in [0.29, 0.717) is 43.0 Å². The summed E-state index contributed by atoms with van der Waals surface area (Å²) in [5, 5.41) is 8.90. The molecule has 3 aromatic rings. The summed E-state index contributed by atoms with van der Waals surface area (Å²) in [6.07, 6.45) is 3.66. The van der Waals surface area contributed by atoms with Crippen LogP contribution in [0.2, 0.25) is 0 Å². The quantitative estimate of drug-likeness (QED) is 0.519. The third-order valence-electron chi connectivity index (χ3n) is 5.27. The molecule has 0 saturated carbocycles. The molecule has 2 N–H and O–H groups in total. The number of benzene rings is 1. The standard InChI is InChI=1S/C21H21N5O4S/c27-19(28)13-24-7-9-25(10-8-24)21(30)16-5-6-26-12-17(22-18(26)11-16)14-1-3-15(4-2-14)20(29)23-31/h1-6,11-12,31H,7-10,13H2,(H,23,29)(H,27,28). The van der Waals surface area contributed by atoms with Crippen molar-refractivity contribution in [3.8, 4) is 11.3 Å². The molecule has 10 heteroatoms. The number of carbonyl (C=O) groups excluding carboxylic acids is 2. The topological polar surface area (TPSA) is 107 Å². The van der Waals surface area contributed by atoms with Gasteiger partial charge in [-0.05, 0) is 24.3 Å². The number of pyridine rings is 1. The Bertz CT molecular complexity index is 1140. The first-order valence-corrected chi connectivity index (χ1v) is 10.2. The van der Waals surface area contributed by atoms with Crippen LogP contribution in [0.5, 0.6) is 0 Å². The number of rotatable bonds is 5. The first kappa shape index (κ1) is 20.9. The number of nitrogens with one attached hydrogen (secondary N) is 1. The second-order valence-corrected chi connectivity index (χ2v) is 7.51.